The number of hydrogen-bond acceptors (Lipinski definition) is 4. The van der Waals surface area contributed by atoms with Crippen molar-refractivity contribution in [3.05, 3.63) is 94.8 Å². The highest BCUT2D eigenvalue weighted by atomic mass is 32.2. The molecule has 1 heterocycles. The van der Waals surface area contributed by atoms with E-state index in [9.17, 15) is 18.4 Å². The number of hydrogen-bond donors (Lipinski definition) is 0. The number of halogens is 2. The maximum absolute atomic E-state index is 14.6. The lowest BCUT2D eigenvalue weighted by molar-refractivity contribution is -0.117. The smallest absolute Gasteiger partial charge is 0.266 e. The van der Waals surface area contributed by atoms with Gasteiger partial charge in [0.15, 0.2) is 5.16 Å². The summed E-state index contributed by atoms with van der Waals surface area (Å²) < 4.78 is 29.2. The van der Waals surface area contributed by atoms with Gasteiger partial charge in [0.25, 0.3) is 5.56 Å². The molecule has 162 valence electrons. The fourth-order valence-corrected chi connectivity index (χ4v) is 4.34. The second kappa shape index (κ2) is 8.92. The summed E-state index contributed by atoms with van der Waals surface area (Å²) in [7, 11) is 1.66. The number of carbonyl (C=O) groups excluding carboxylic acids is 1. The van der Waals surface area contributed by atoms with Crippen LogP contribution in [0.1, 0.15) is 6.92 Å². The fourth-order valence-electron chi connectivity index (χ4n) is 3.33. The summed E-state index contributed by atoms with van der Waals surface area (Å²) in [5.41, 5.74) is 0.515. The Kier molecular flexibility index (Phi) is 6.05. The van der Waals surface area contributed by atoms with Gasteiger partial charge in [0.2, 0.25) is 5.91 Å². The Balaban J connectivity index is 1.79. The van der Waals surface area contributed by atoms with Crippen LogP contribution in [0.25, 0.3) is 16.6 Å². The minimum Gasteiger partial charge on any atom is -0.315 e. The molecule has 0 N–H and O–H groups in total. The fraction of sp³-hybridized carbons (Fsp3) is 0.125. The van der Waals surface area contributed by atoms with E-state index in [1.165, 1.54) is 11.0 Å². The number of rotatable bonds is 5. The van der Waals surface area contributed by atoms with E-state index in [1.54, 1.807) is 38.2 Å². The number of aromatic nitrogens is 2. The first-order valence-corrected chi connectivity index (χ1v) is 10.7. The van der Waals surface area contributed by atoms with E-state index in [-0.39, 0.29) is 16.8 Å². The van der Waals surface area contributed by atoms with E-state index in [2.05, 4.69) is 4.98 Å². The van der Waals surface area contributed by atoms with Crippen molar-refractivity contribution >= 4 is 34.3 Å². The predicted octanol–water partition coefficient (Wildman–Crippen LogP) is 4.81. The van der Waals surface area contributed by atoms with Gasteiger partial charge in [-0.15, -0.1) is 0 Å². The molecule has 8 heteroatoms. The summed E-state index contributed by atoms with van der Waals surface area (Å²) in [6.07, 6.45) is 0. The van der Waals surface area contributed by atoms with Crippen LogP contribution in [0.3, 0.4) is 0 Å². The van der Waals surface area contributed by atoms with Crippen LogP contribution in [-0.2, 0) is 4.79 Å². The van der Waals surface area contributed by atoms with Gasteiger partial charge in [-0.25, -0.2) is 13.8 Å². The monoisotopic (exact) mass is 451 g/mol. The largest absolute Gasteiger partial charge is 0.315 e. The second-order valence-corrected chi connectivity index (χ2v) is 8.45. The summed E-state index contributed by atoms with van der Waals surface area (Å²) in [5.74, 6) is -1.86. The molecule has 4 rings (SSSR count). The number of amides is 1. The third kappa shape index (κ3) is 4.13. The normalized spacial score (nSPS) is 12.0. The third-order valence-corrected chi connectivity index (χ3v) is 6.04. The predicted molar refractivity (Wildman–Crippen MR) is 122 cm³/mol. The van der Waals surface area contributed by atoms with Gasteiger partial charge in [-0.2, -0.15) is 0 Å². The average Bonchev–Trinajstić information content (AvgIpc) is 2.80. The summed E-state index contributed by atoms with van der Waals surface area (Å²) in [5, 5.41) is -0.203. The molecule has 0 aliphatic carbocycles. The number of nitrogens with zero attached hydrogens (tertiary/aromatic N) is 3. The Morgan fingerprint density at radius 3 is 2.44 bits per heavy atom. The minimum atomic E-state index is -0.897. The number of benzene rings is 3. The molecule has 0 unspecified atom stereocenters. The molecule has 4 aromatic rings. The van der Waals surface area contributed by atoms with Gasteiger partial charge >= 0.3 is 0 Å². The van der Waals surface area contributed by atoms with Crippen molar-refractivity contribution in [2.45, 2.75) is 17.3 Å². The molecule has 0 saturated carbocycles. The number of fused-ring (bicyclic) bond motifs is 1. The molecule has 32 heavy (non-hydrogen) atoms. The number of para-hydroxylation sites is 2. The molecule has 0 spiro atoms. The quantitative estimate of drug-likeness (QED) is 0.323. The maximum atomic E-state index is 14.6. The maximum Gasteiger partial charge on any atom is 0.266 e. The first kappa shape index (κ1) is 21.7. The topological polar surface area (TPSA) is 55.2 Å². The van der Waals surface area contributed by atoms with Crippen molar-refractivity contribution in [2.24, 2.45) is 0 Å². The molecule has 0 saturated heterocycles. The van der Waals surface area contributed by atoms with Crippen LogP contribution in [-0.4, -0.2) is 27.8 Å². The van der Waals surface area contributed by atoms with Crippen molar-refractivity contribution in [2.75, 3.05) is 11.9 Å². The lowest BCUT2D eigenvalue weighted by atomic mass is 10.2. The van der Waals surface area contributed by atoms with E-state index >= 15 is 0 Å². The van der Waals surface area contributed by atoms with E-state index in [0.717, 1.165) is 28.1 Å². The Morgan fingerprint density at radius 1 is 1.03 bits per heavy atom. The lowest BCUT2D eigenvalue weighted by Gasteiger charge is -2.22. The molecule has 0 aliphatic heterocycles. The Hall–Kier alpha value is -3.52. The van der Waals surface area contributed by atoms with Gasteiger partial charge in [-0.1, -0.05) is 42.1 Å². The van der Waals surface area contributed by atoms with Crippen LogP contribution in [0, 0.1) is 11.6 Å². The zero-order chi connectivity index (χ0) is 22.8. The highest BCUT2D eigenvalue weighted by Crippen LogP contribution is 2.28. The van der Waals surface area contributed by atoms with E-state index in [1.807, 2.05) is 30.3 Å². The van der Waals surface area contributed by atoms with E-state index in [4.69, 9.17) is 0 Å². The third-order valence-electron chi connectivity index (χ3n) is 5.00. The zero-order valence-electron chi connectivity index (χ0n) is 17.3. The number of carbonyl (C=O) groups is 1. The Labute approximate surface area is 187 Å². The molecule has 1 amide bonds. The minimum absolute atomic E-state index is 0.131. The standard InChI is InChI=1S/C24H19F2N3O2S/c1-15(22(30)28(2)17-8-4-3-5-9-17)32-24-27-20-11-7-6-10-18(20)23(31)29(24)21-13-12-16(25)14-19(21)26/h3-15H,1-2H3/t15-/m1/s1. The summed E-state index contributed by atoms with van der Waals surface area (Å²) in [6, 6.07) is 18.8. The molecule has 1 atom stereocenters. The summed E-state index contributed by atoms with van der Waals surface area (Å²) in [4.78, 5) is 32.3. The van der Waals surface area contributed by atoms with Crippen molar-refractivity contribution in [3.63, 3.8) is 0 Å². The number of anilines is 1. The Morgan fingerprint density at radius 2 is 1.72 bits per heavy atom. The van der Waals surface area contributed by atoms with Crippen molar-refractivity contribution in [3.8, 4) is 5.69 Å². The van der Waals surface area contributed by atoms with Gasteiger partial charge in [-0.05, 0) is 43.3 Å². The average molecular weight is 451 g/mol. The van der Waals surface area contributed by atoms with E-state index < -0.39 is 22.4 Å². The molecule has 0 bridgehead atoms. The molecule has 5 nitrogen and oxygen atoms in total. The van der Waals surface area contributed by atoms with Gasteiger partial charge in [0.05, 0.1) is 21.8 Å². The van der Waals surface area contributed by atoms with Crippen molar-refractivity contribution in [1.29, 1.82) is 0 Å². The molecule has 0 radical (unpaired) electrons. The van der Waals surface area contributed by atoms with Crippen LogP contribution >= 0.6 is 11.8 Å². The van der Waals surface area contributed by atoms with Crippen molar-refractivity contribution < 1.29 is 13.6 Å². The SMILES string of the molecule is C[C@@H](Sc1nc2ccccc2c(=O)n1-c1ccc(F)cc1F)C(=O)N(C)c1ccccc1. The first-order chi connectivity index (χ1) is 15.4. The number of thioether (sulfide) groups is 1. The first-order valence-electron chi connectivity index (χ1n) is 9.83. The molecular formula is C24H19F2N3O2S. The van der Waals surface area contributed by atoms with Gasteiger partial charge in [0, 0.05) is 18.8 Å². The molecule has 0 fully saturated rings. The highest BCUT2D eigenvalue weighted by molar-refractivity contribution is 8.00. The van der Waals surface area contributed by atoms with Crippen LogP contribution < -0.4 is 10.5 Å². The zero-order valence-corrected chi connectivity index (χ0v) is 18.1. The lowest BCUT2D eigenvalue weighted by Crippen LogP contribution is -2.34. The molecular weight excluding hydrogens is 432 g/mol. The highest BCUT2D eigenvalue weighted by Gasteiger charge is 2.24. The van der Waals surface area contributed by atoms with Crippen LogP contribution in [0.5, 0.6) is 0 Å². The van der Waals surface area contributed by atoms with Gasteiger partial charge in [-0.3, -0.25) is 14.2 Å². The molecule has 0 aliphatic rings. The molecule has 3 aromatic carbocycles. The van der Waals surface area contributed by atoms with Crippen LogP contribution in [0.2, 0.25) is 0 Å². The van der Waals surface area contributed by atoms with E-state index in [0.29, 0.717) is 17.0 Å². The van der Waals surface area contributed by atoms with Crippen molar-refractivity contribution in [1.82, 2.24) is 9.55 Å². The van der Waals surface area contributed by atoms with Crippen LogP contribution in [0.15, 0.2) is 82.7 Å². The van der Waals surface area contributed by atoms with Crippen LogP contribution in [0.4, 0.5) is 14.5 Å². The van der Waals surface area contributed by atoms with Gasteiger partial charge < -0.3 is 4.90 Å². The summed E-state index contributed by atoms with van der Waals surface area (Å²) >= 11 is 1.04. The van der Waals surface area contributed by atoms with Gasteiger partial charge in [0.1, 0.15) is 11.6 Å². The second-order valence-electron chi connectivity index (χ2n) is 7.14. The summed E-state index contributed by atoms with van der Waals surface area (Å²) in [6.45, 7) is 1.69. The molecule has 1 aromatic heterocycles. The Bertz CT molecular complexity index is 1360.